The third-order valence-corrected chi connectivity index (χ3v) is 2.51. The molecule has 0 aliphatic carbocycles. The van der Waals surface area contributed by atoms with Crippen LogP contribution in [0.3, 0.4) is 0 Å². The molecular formula is C12H18ClNO3. The van der Waals surface area contributed by atoms with Gasteiger partial charge in [-0.25, -0.2) is 0 Å². The summed E-state index contributed by atoms with van der Waals surface area (Å²) in [5.41, 5.74) is 1.06. The van der Waals surface area contributed by atoms with Crippen LogP contribution in [0.5, 0.6) is 17.2 Å². The topological polar surface area (TPSA) is 39.7 Å². The Bertz CT molecular complexity index is 333. The van der Waals surface area contributed by atoms with Gasteiger partial charge < -0.3 is 19.5 Å². The molecule has 0 amide bonds. The van der Waals surface area contributed by atoms with E-state index in [1.54, 1.807) is 21.3 Å². The molecule has 17 heavy (non-hydrogen) atoms. The van der Waals surface area contributed by atoms with E-state index in [2.05, 4.69) is 5.32 Å². The second-order valence-corrected chi connectivity index (χ2v) is 3.78. The highest BCUT2D eigenvalue weighted by atomic mass is 35.5. The predicted molar refractivity (Wildman–Crippen MR) is 68.5 cm³/mol. The van der Waals surface area contributed by atoms with E-state index in [4.69, 9.17) is 25.8 Å². The smallest absolute Gasteiger partial charge is 0.203 e. The van der Waals surface area contributed by atoms with Gasteiger partial charge in [-0.2, -0.15) is 0 Å². The van der Waals surface area contributed by atoms with Crippen molar-refractivity contribution in [1.29, 1.82) is 0 Å². The van der Waals surface area contributed by atoms with E-state index < -0.39 is 0 Å². The SMILES string of the molecule is COc1cc(CNCCCl)cc(OC)c1OC. The number of benzene rings is 1. The highest BCUT2D eigenvalue weighted by Gasteiger charge is 2.12. The van der Waals surface area contributed by atoms with Crippen LogP contribution in [0.25, 0.3) is 0 Å². The Labute approximate surface area is 107 Å². The fourth-order valence-electron chi connectivity index (χ4n) is 1.54. The number of methoxy groups -OCH3 is 3. The van der Waals surface area contributed by atoms with Gasteiger partial charge in [-0.3, -0.25) is 0 Å². The summed E-state index contributed by atoms with van der Waals surface area (Å²) in [7, 11) is 4.80. The molecule has 0 saturated carbocycles. The van der Waals surface area contributed by atoms with Crippen LogP contribution in [0.15, 0.2) is 12.1 Å². The maximum Gasteiger partial charge on any atom is 0.203 e. The molecule has 0 fully saturated rings. The molecule has 1 rings (SSSR count). The van der Waals surface area contributed by atoms with Gasteiger partial charge in [0.05, 0.1) is 21.3 Å². The molecule has 0 heterocycles. The van der Waals surface area contributed by atoms with Crippen LogP contribution >= 0.6 is 11.6 Å². The quantitative estimate of drug-likeness (QED) is 0.601. The molecule has 4 nitrogen and oxygen atoms in total. The summed E-state index contributed by atoms with van der Waals surface area (Å²) in [6, 6.07) is 3.84. The Morgan fingerprint density at radius 2 is 1.65 bits per heavy atom. The first-order valence-corrected chi connectivity index (χ1v) is 5.85. The second-order valence-electron chi connectivity index (χ2n) is 3.40. The largest absolute Gasteiger partial charge is 0.493 e. The lowest BCUT2D eigenvalue weighted by molar-refractivity contribution is 0.323. The molecule has 5 heteroatoms. The van der Waals surface area contributed by atoms with Crippen molar-refractivity contribution in [3.63, 3.8) is 0 Å². The maximum absolute atomic E-state index is 5.60. The van der Waals surface area contributed by atoms with E-state index in [-0.39, 0.29) is 0 Å². The number of ether oxygens (including phenoxy) is 3. The molecule has 0 spiro atoms. The summed E-state index contributed by atoms with van der Waals surface area (Å²) in [5, 5.41) is 3.21. The molecule has 0 radical (unpaired) electrons. The summed E-state index contributed by atoms with van der Waals surface area (Å²) in [6.45, 7) is 1.47. The molecule has 0 aromatic heterocycles. The lowest BCUT2D eigenvalue weighted by Crippen LogP contribution is -2.15. The minimum Gasteiger partial charge on any atom is -0.493 e. The Kier molecular flexibility index (Phi) is 5.94. The van der Waals surface area contributed by atoms with Gasteiger partial charge >= 0.3 is 0 Å². The second kappa shape index (κ2) is 7.25. The lowest BCUT2D eigenvalue weighted by atomic mass is 10.2. The summed E-state index contributed by atoms with van der Waals surface area (Å²) in [5.74, 6) is 2.52. The zero-order valence-corrected chi connectivity index (χ0v) is 11.1. The van der Waals surface area contributed by atoms with Gasteiger partial charge in [0.1, 0.15) is 0 Å². The van der Waals surface area contributed by atoms with E-state index in [0.717, 1.165) is 12.1 Å². The van der Waals surface area contributed by atoms with Gasteiger partial charge in [-0.1, -0.05) is 0 Å². The first kappa shape index (κ1) is 13.9. The van der Waals surface area contributed by atoms with Crippen molar-refractivity contribution in [3.8, 4) is 17.2 Å². The average molecular weight is 260 g/mol. The third kappa shape index (κ3) is 3.68. The van der Waals surface area contributed by atoms with E-state index in [9.17, 15) is 0 Å². The highest BCUT2D eigenvalue weighted by Crippen LogP contribution is 2.38. The molecule has 0 bridgehead atoms. The Morgan fingerprint density at radius 1 is 1.06 bits per heavy atom. The molecule has 1 N–H and O–H groups in total. The average Bonchev–Trinajstić information content (AvgIpc) is 2.37. The lowest BCUT2D eigenvalue weighted by Gasteiger charge is -2.14. The van der Waals surface area contributed by atoms with Crippen molar-refractivity contribution in [2.24, 2.45) is 0 Å². The summed E-state index contributed by atoms with van der Waals surface area (Å²) in [6.07, 6.45) is 0. The monoisotopic (exact) mass is 259 g/mol. The van der Waals surface area contributed by atoms with Crippen molar-refractivity contribution in [1.82, 2.24) is 5.32 Å². The zero-order valence-electron chi connectivity index (χ0n) is 10.4. The normalized spacial score (nSPS) is 10.1. The van der Waals surface area contributed by atoms with Gasteiger partial charge in [-0.15, -0.1) is 11.6 Å². The Morgan fingerprint density at radius 3 is 2.06 bits per heavy atom. The van der Waals surface area contributed by atoms with Crippen LogP contribution in [-0.4, -0.2) is 33.8 Å². The first-order valence-electron chi connectivity index (χ1n) is 5.32. The molecule has 1 aromatic rings. The molecule has 0 aliphatic heterocycles. The van der Waals surface area contributed by atoms with E-state index in [1.165, 1.54) is 0 Å². The van der Waals surface area contributed by atoms with Crippen molar-refractivity contribution in [2.45, 2.75) is 6.54 Å². The number of hydrogen-bond donors (Lipinski definition) is 1. The van der Waals surface area contributed by atoms with Crippen LogP contribution < -0.4 is 19.5 Å². The maximum atomic E-state index is 5.60. The molecular weight excluding hydrogens is 242 g/mol. The molecule has 0 saturated heterocycles. The number of hydrogen-bond acceptors (Lipinski definition) is 4. The molecule has 96 valence electrons. The van der Waals surface area contributed by atoms with E-state index in [0.29, 0.717) is 29.7 Å². The minimum absolute atomic E-state index is 0.588. The summed E-state index contributed by atoms with van der Waals surface area (Å²) >= 11 is 5.60. The summed E-state index contributed by atoms with van der Waals surface area (Å²) in [4.78, 5) is 0. The fraction of sp³-hybridized carbons (Fsp3) is 0.500. The van der Waals surface area contributed by atoms with Crippen LogP contribution in [0.2, 0.25) is 0 Å². The number of alkyl halides is 1. The van der Waals surface area contributed by atoms with Crippen LogP contribution in [0, 0.1) is 0 Å². The van der Waals surface area contributed by atoms with Crippen molar-refractivity contribution in [2.75, 3.05) is 33.8 Å². The van der Waals surface area contributed by atoms with Gasteiger partial charge in [0.25, 0.3) is 0 Å². The highest BCUT2D eigenvalue weighted by molar-refractivity contribution is 6.18. The molecule has 0 atom stereocenters. The number of nitrogens with one attached hydrogen (secondary N) is 1. The van der Waals surface area contributed by atoms with Gasteiger partial charge in [0.15, 0.2) is 11.5 Å². The van der Waals surface area contributed by atoms with Crippen LogP contribution in [-0.2, 0) is 6.54 Å². The molecule has 1 aromatic carbocycles. The van der Waals surface area contributed by atoms with Gasteiger partial charge in [0, 0.05) is 19.0 Å². The fourth-order valence-corrected chi connectivity index (χ4v) is 1.67. The van der Waals surface area contributed by atoms with E-state index in [1.807, 2.05) is 12.1 Å². The van der Waals surface area contributed by atoms with Crippen molar-refractivity contribution < 1.29 is 14.2 Å². The number of rotatable bonds is 7. The van der Waals surface area contributed by atoms with Crippen LogP contribution in [0.4, 0.5) is 0 Å². The number of halogens is 1. The minimum atomic E-state index is 0.588. The first-order chi connectivity index (χ1) is 8.26. The van der Waals surface area contributed by atoms with Crippen molar-refractivity contribution >= 4 is 11.6 Å². The van der Waals surface area contributed by atoms with Gasteiger partial charge in [-0.05, 0) is 17.7 Å². The van der Waals surface area contributed by atoms with Crippen molar-refractivity contribution in [3.05, 3.63) is 17.7 Å². The molecule has 0 aliphatic rings. The Balaban J connectivity index is 2.92. The van der Waals surface area contributed by atoms with Crippen LogP contribution in [0.1, 0.15) is 5.56 Å². The third-order valence-electron chi connectivity index (χ3n) is 2.32. The standard InChI is InChI=1S/C12H18ClNO3/c1-15-10-6-9(8-14-5-4-13)7-11(16-2)12(10)17-3/h6-7,14H,4-5,8H2,1-3H3. The van der Waals surface area contributed by atoms with E-state index >= 15 is 0 Å². The Hall–Kier alpha value is -1.13. The zero-order chi connectivity index (χ0) is 12.7. The summed E-state index contributed by atoms with van der Waals surface area (Å²) < 4.78 is 15.8. The predicted octanol–water partition coefficient (Wildman–Crippen LogP) is 2.04. The molecule has 0 unspecified atom stereocenters. The van der Waals surface area contributed by atoms with Gasteiger partial charge in [0.2, 0.25) is 5.75 Å².